The van der Waals surface area contributed by atoms with Crippen molar-refractivity contribution < 1.29 is 9.59 Å². The molecule has 0 heterocycles. The molecule has 2 rings (SSSR count). The summed E-state index contributed by atoms with van der Waals surface area (Å²) in [4.78, 5) is 23.3. The van der Waals surface area contributed by atoms with Crippen LogP contribution in [0.1, 0.15) is 18.4 Å². The van der Waals surface area contributed by atoms with Crippen LogP contribution in [0.3, 0.4) is 0 Å². The molecule has 1 aliphatic rings. The molecule has 19 heavy (non-hydrogen) atoms. The van der Waals surface area contributed by atoms with Crippen LogP contribution in [0, 0.1) is 12.8 Å². The van der Waals surface area contributed by atoms with Gasteiger partial charge in [-0.1, -0.05) is 6.07 Å². The molecule has 1 aromatic rings. The molecule has 1 saturated carbocycles. The minimum absolute atomic E-state index is 0.0711. The van der Waals surface area contributed by atoms with Crippen LogP contribution in [-0.2, 0) is 9.59 Å². The molecule has 1 aliphatic carbocycles. The summed E-state index contributed by atoms with van der Waals surface area (Å²) in [6.45, 7) is 2.15. The molecule has 1 aromatic carbocycles. The Morgan fingerprint density at radius 1 is 1.21 bits per heavy atom. The van der Waals surface area contributed by atoms with E-state index in [1.807, 2.05) is 25.1 Å². The highest BCUT2D eigenvalue weighted by atomic mass is 16.2. The molecule has 0 unspecified atom stereocenters. The summed E-state index contributed by atoms with van der Waals surface area (Å²) in [6.07, 6.45) is 1.95. The van der Waals surface area contributed by atoms with Gasteiger partial charge in [0.1, 0.15) is 0 Å². The van der Waals surface area contributed by atoms with E-state index in [0.29, 0.717) is 0 Å². The number of amides is 2. The zero-order chi connectivity index (χ0) is 13.8. The number of carbonyl (C=O) groups excluding carboxylic acids is 2. The third-order valence-electron chi connectivity index (χ3n) is 3.15. The van der Waals surface area contributed by atoms with E-state index in [1.54, 1.807) is 7.05 Å². The maximum atomic E-state index is 11.8. The number of benzene rings is 1. The first-order valence-corrected chi connectivity index (χ1v) is 6.46. The van der Waals surface area contributed by atoms with E-state index >= 15 is 0 Å². The van der Waals surface area contributed by atoms with E-state index in [0.717, 1.165) is 29.8 Å². The van der Waals surface area contributed by atoms with Crippen molar-refractivity contribution in [2.24, 2.45) is 5.92 Å². The van der Waals surface area contributed by atoms with Gasteiger partial charge in [-0.25, -0.2) is 0 Å². The molecule has 0 aromatic heterocycles. The van der Waals surface area contributed by atoms with Crippen LogP contribution in [0.15, 0.2) is 18.2 Å². The first kappa shape index (κ1) is 13.5. The SMILES string of the molecule is CNCC(=O)Nc1cccc(NC(=O)C2CC2)c1C. The van der Waals surface area contributed by atoms with Crippen molar-refractivity contribution in [2.75, 3.05) is 24.2 Å². The van der Waals surface area contributed by atoms with Gasteiger partial charge in [0, 0.05) is 17.3 Å². The quantitative estimate of drug-likeness (QED) is 0.752. The van der Waals surface area contributed by atoms with Crippen LogP contribution in [0.5, 0.6) is 0 Å². The molecule has 0 radical (unpaired) electrons. The van der Waals surface area contributed by atoms with Crippen molar-refractivity contribution in [1.29, 1.82) is 0 Å². The molecule has 0 spiro atoms. The monoisotopic (exact) mass is 261 g/mol. The fraction of sp³-hybridized carbons (Fsp3) is 0.429. The molecule has 0 atom stereocenters. The van der Waals surface area contributed by atoms with Crippen molar-refractivity contribution in [1.82, 2.24) is 5.32 Å². The molecule has 1 fully saturated rings. The van der Waals surface area contributed by atoms with Crippen LogP contribution < -0.4 is 16.0 Å². The molecule has 5 nitrogen and oxygen atoms in total. The van der Waals surface area contributed by atoms with Gasteiger partial charge in [0.2, 0.25) is 11.8 Å². The molecule has 2 amide bonds. The summed E-state index contributed by atoms with van der Waals surface area (Å²) in [5, 5.41) is 8.52. The molecule has 3 N–H and O–H groups in total. The number of hydrogen-bond acceptors (Lipinski definition) is 3. The number of carbonyl (C=O) groups is 2. The summed E-state index contributed by atoms with van der Waals surface area (Å²) in [7, 11) is 1.72. The summed E-state index contributed by atoms with van der Waals surface area (Å²) < 4.78 is 0. The van der Waals surface area contributed by atoms with Crippen molar-refractivity contribution in [3.63, 3.8) is 0 Å². The number of anilines is 2. The summed E-state index contributed by atoms with van der Waals surface area (Å²) in [5.74, 6) is 0.139. The fourth-order valence-electron chi connectivity index (χ4n) is 1.84. The Labute approximate surface area is 112 Å². The second kappa shape index (κ2) is 5.84. The standard InChI is InChI=1S/C14H19N3O2/c1-9-11(16-13(18)8-15-2)4-3-5-12(9)17-14(19)10-6-7-10/h3-5,10,15H,6-8H2,1-2H3,(H,16,18)(H,17,19). The third kappa shape index (κ3) is 3.54. The number of rotatable bonds is 5. The van der Waals surface area contributed by atoms with E-state index in [-0.39, 0.29) is 24.3 Å². The van der Waals surface area contributed by atoms with Gasteiger partial charge in [-0.3, -0.25) is 9.59 Å². The number of likely N-dealkylation sites (N-methyl/N-ethyl adjacent to an activating group) is 1. The second-order valence-corrected chi connectivity index (χ2v) is 4.82. The molecule has 0 saturated heterocycles. The highest BCUT2D eigenvalue weighted by Gasteiger charge is 2.29. The normalized spacial score (nSPS) is 14.0. The lowest BCUT2D eigenvalue weighted by atomic mass is 10.1. The lowest BCUT2D eigenvalue weighted by Gasteiger charge is -2.13. The average Bonchev–Trinajstić information content (AvgIpc) is 3.18. The Balaban J connectivity index is 2.08. The van der Waals surface area contributed by atoms with Crippen molar-refractivity contribution in [2.45, 2.75) is 19.8 Å². The van der Waals surface area contributed by atoms with Crippen molar-refractivity contribution in [3.8, 4) is 0 Å². The summed E-state index contributed by atoms with van der Waals surface area (Å²) in [5.41, 5.74) is 2.37. The van der Waals surface area contributed by atoms with Gasteiger partial charge in [0.05, 0.1) is 6.54 Å². The first-order valence-electron chi connectivity index (χ1n) is 6.46. The van der Waals surface area contributed by atoms with Crippen LogP contribution in [0.25, 0.3) is 0 Å². The predicted molar refractivity (Wildman–Crippen MR) is 75.1 cm³/mol. The van der Waals surface area contributed by atoms with E-state index in [1.165, 1.54) is 0 Å². The minimum atomic E-state index is -0.101. The zero-order valence-electron chi connectivity index (χ0n) is 11.2. The molecular weight excluding hydrogens is 242 g/mol. The average molecular weight is 261 g/mol. The fourth-order valence-corrected chi connectivity index (χ4v) is 1.84. The second-order valence-electron chi connectivity index (χ2n) is 4.82. The van der Waals surface area contributed by atoms with Crippen LogP contribution in [0.2, 0.25) is 0 Å². The Morgan fingerprint density at radius 3 is 2.42 bits per heavy atom. The van der Waals surface area contributed by atoms with Gasteiger partial charge in [-0.2, -0.15) is 0 Å². The van der Waals surface area contributed by atoms with Crippen molar-refractivity contribution in [3.05, 3.63) is 23.8 Å². The van der Waals surface area contributed by atoms with E-state index < -0.39 is 0 Å². The van der Waals surface area contributed by atoms with E-state index in [4.69, 9.17) is 0 Å². The minimum Gasteiger partial charge on any atom is -0.326 e. The molecular formula is C14H19N3O2. The van der Waals surface area contributed by atoms with Crippen molar-refractivity contribution >= 4 is 23.2 Å². The Morgan fingerprint density at radius 2 is 1.84 bits per heavy atom. The third-order valence-corrected chi connectivity index (χ3v) is 3.15. The van der Waals surface area contributed by atoms with Crippen LogP contribution in [-0.4, -0.2) is 25.4 Å². The summed E-state index contributed by atoms with van der Waals surface area (Å²) >= 11 is 0. The van der Waals surface area contributed by atoms with Gasteiger partial charge in [0.15, 0.2) is 0 Å². The highest BCUT2D eigenvalue weighted by Crippen LogP contribution is 2.31. The maximum Gasteiger partial charge on any atom is 0.238 e. The molecule has 0 bridgehead atoms. The Kier molecular flexibility index (Phi) is 4.16. The number of nitrogens with one attached hydrogen (secondary N) is 3. The zero-order valence-corrected chi connectivity index (χ0v) is 11.2. The Bertz CT molecular complexity index is 495. The van der Waals surface area contributed by atoms with Gasteiger partial charge in [-0.15, -0.1) is 0 Å². The van der Waals surface area contributed by atoms with Crippen LogP contribution in [0.4, 0.5) is 11.4 Å². The lowest BCUT2D eigenvalue weighted by molar-refractivity contribution is -0.117. The predicted octanol–water partition coefficient (Wildman–Crippen LogP) is 1.50. The van der Waals surface area contributed by atoms with Gasteiger partial charge in [-0.05, 0) is 44.5 Å². The molecule has 102 valence electrons. The van der Waals surface area contributed by atoms with Gasteiger partial charge < -0.3 is 16.0 Å². The highest BCUT2D eigenvalue weighted by molar-refractivity contribution is 5.97. The largest absolute Gasteiger partial charge is 0.326 e. The smallest absolute Gasteiger partial charge is 0.238 e. The van der Waals surface area contributed by atoms with Gasteiger partial charge in [0.25, 0.3) is 0 Å². The lowest BCUT2D eigenvalue weighted by Crippen LogP contribution is -2.25. The maximum absolute atomic E-state index is 11.8. The topological polar surface area (TPSA) is 70.2 Å². The van der Waals surface area contributed by atoms with E-state index in [2.05, 4.69) is 16.0 Å². The molecule has 5 heteroatoms. The Hall–Kier alpha value is -1.88. The van der Waals surface area contributed by atoms with E-state index in [9.17, 15) is 9.59 Å². The molecule has 0 aliphatic heterocycles. The van der Waals surface area contributed by atoms with Crippen LogP contribution >= 0.6 is 0 Å². The first-order chi connectivity index (χ1) is 9.11. The van der Waals surface area contributed by atoms with Gasteiger partial charge >= 0.3 is 0 Å². The summed E-state index contributed by atoms with van der Waals surface area (Å²) in [6, 6.07) is 5.50. The number of hydrogen-bond donors (Lipinski definition) is 3.